The van der Waals surface area contributed by atoms with Gasteiger partial charge >= 0.3 is 0 Å². The van der Waals surface area contributed by atoms with Crippen LogP contribution in [0.4, 0.5) is 5.82 Å². The Kier molecular flexibility index (Phi) is 4.63. The molecular weight excluding hydrogens is 334 g/mol. The van der Waals surface area contributed by atoms with Crippen LogP contribution in [-0.2, 0) is 18.3 Å². The molecule has 1 N–H and O–H groups in total. The SMILES string of the molecule is Cn1ccnc(NCC2CN(Cc3cnc4cnccn34)CCO2)c1=O. The molecule has 1 aliphatic rings. The van der Waals surface area contributed by atoms with Crippen molar-refractivity contribution in [2.45, 2.75) is 12.6 Å². The second-order valence-corrected chi connectivity index (χ2v) is 6.35. The highest BCUT2D eigenvalue weighted by Gasteiger charge is 2.22. The molecule has 3 aromatic rings. The molecule has 1 fully saturated rings. The van der Waals surface area contributed by atoms with Crippen molar-refractivity contribution in [3.63, 3.8) is 0 Å². The number of anilines is 1. The minimum atomic E-state index is -0.139. The van der Waals surface area contributed by atoms with Crippen LogP contribution in [0.5, 0.6) is 0 Å². The van der Waals surface area contributed by atoms with E-state index >= 15 is 0 Å². The molecular formula is C17H21N7O2. The lowest BCUT2D eigenvalue weighted by molar-refractivity contribution is -0.0245. The van der Waals surface area contributed by atoms with E-state index in [4.69, 9.17) is 4.74 Å². The van der Waals surface area contributed by atoms with E-state index in [1.807, 2.05) is 16.8 Å². The molecule has 0 amide bonds. The van der Waals surface area contributed by atoms with Crippen LogP contribution in [0, 0.1) is 0 Å². The van der Waals surface area contributed by atoms with Gasteiger partial charge in [-0.3, -0.25) is 19.1 Å². The number of imidazole rings is 1. The van der Waals surface area contributed by atoms with Crippen LogP contribution in [0.3, 0.4) is 0 Å². The minimum Gasteiger partial charge on any atom is -0.374 e. The van der Waals surface area contributed by atoms with Gasteiger partial charge in [-0.2, -0.15) is 0 Å². The molecule has 4 rings (SSSR count). The molecule has 4 heterocycles. The van der Waals surface area contributed by atoms with E-state index in [1.54, 1.807) is 31.8 Å². The maximum absolute atomic E-state index is 12.0. The summed E-state index contributed by atoms with van der Waals surface area (Å²) in [4.78, 5) is 26.9. The first-order valence-corrected chi connectivity index (χ1v) is 8.56. The minimum absolute atomic E-state index is 0.00341. The normalized spacial score (nSPS) is 18.3. The third-order valence-corrected chi connectivity index (χ3v) is 4.52. The van der Waals surface area contributed by atoms with Crippen molar-refractivity contribution in [3.05, 3.63) is 53.2 Å². The van der Waals surface area contributed by atoms with Gasteiger partial charge in [0.05, 0.1) is 30.8 Å². The predicted octanol–water partition coefficient (Wildman–Crippen LogP) is 0.136. The van der Waals surface area contributed by atoms with E-state index in [-0.39, 0.29) is 11.7 Å². The first kappa shape index (κ1) is 16.7. The van der Waals surface area contributed by atoms with E-state index in [2.05, 4.69) is 25.2 Å². The number of aromatic nitrogens is 5. The van der Waals surface area contributed by atoms with Crippen molar-refractivity contribution in [2.24, 2.45) is 7.05 Å². The van der Waals surface area contributed by atoms with Gasteiger partial charge in [-0.05, 0) is 0 Å². The monoisotopic (exact) mass is 355 g/mol. The number of aryl methyl sites for hydroxylation is 1. The average Bonchev–Trinajstić information content (AvgIpc) is 3.06. The van der Waals surface area contributed by atoms with Gasteiger partial charge in [0.2, 0.25) is 0 Å². The smallest absolute Gasteiger partial charge is 0.293 e. The van der Waals surface area contributed by atoms with Crippen molar-refractivity contribution in [3.8, 4) is 0 Å². The van der Waals surface area contributed by atoms with Crippen molar-refractivity contribution < 1.29 is 4.74 Å². The van der Waals surface area contributed by atoms with Crippen LogP contribution in [0.2, 0.25) is 0 Å². The van der Waals surface area contributed by atoms with Gasteiger partial charge in [0, 0.05) is 58.0 Å². The van der Waals surface area contributed by atoms with Gasteiger partial charge in [0.25, 0.3) is 5.56 Å². The molecule has 9 heteroatoms. The second kappa shape index (κ2) is 7.22. The number of rotatable bonds is 5. The van der Waals surface area contributed by atoms with E-state index in [0.29, 0.717) is 19.0 Å². The summed E-state index contributed by atoms with van der Waals surface area (Å²) in [5, 5.41) is 3.11. The third-order valence-electron chi connectivity index (χ3n) is 4.52. The lowest BCUT2D eigenvalue weighted by Crippen LogP contribution is -2.45. The topological polar surface area (TPSA) is 89.6 Å². The number of ether oxygens (including phenoxy) is 1. The van der Waals surface area contributed by atoms with Gasteiger partial charge in [-0.15, -0.1) is 0 Å². The maximum atomic E-state index is 12.0. The quantitative estimate of drug-likeness (QED) is 0.696. The van der Waals surface area contributed by atoms with Crippen LogP contribution in [0.25, 0.3) is 5.65 Å². The molecule has 9 nitrogen and oxygen atoms in total. The summed E-state index contributed by atoms with van der Waals surface area (Å²) in [7, 11) is 1.71. The van der Waals surface area contributed by atoms with Crippen LogP contribution >= 0.6 is 0 Å². The lowest BCUT2D eigenvalue weighted by atomic mass is 10.2. The van der Waals surface area contributed by atoms with Crippen LogP contribution in [0.15, 0.2) is 42.0 Å². The van der Waals surface area contributed by atoms with Gasteiger partial charge in [0.1, 0.15) is 0 Å². The Morgan fingerprint density at radius 2 is 2.19 bits per heavy atom. The molecule has 26 heavy (non-hydrogen) atoms. The summed E-state index contributed by atoms with van der Waals surface area (Å²) < 4.78 is 9.39. The summed E-state index contributed by atoms with van der Waals surface area (Å²) in [5.74, 6) is 0.352. The second-order valence-electron chi connectivity index (χ2n) is 6.35. The van der Waals surface area contributed by atoms with E-state index in [0.717, 1.165) is 31.0 Å². The molecule has 1 aliphatic heterocycles. The number of nitrogens with zero attached hydrogens (tertiary/aromatic N) is 6. The Bertz CT molecular complexity index is 951. The molecule has 0 radical (unpaired) electrons. The highest BCUT2D eigenvalue weighted by molar-refractivity contribution is 5.36. The van der Waals surface area contributed by atoms with Crippen molar-refractivity contribution in [1.82, 2.24) is 28.8 Å². The Hall–Kier alpha value is -2.78. The maximum Gasteiger partial charge on any atom is 0.293 e. The first-order chi connectivity index (χ1) is 12.7. The zero-order valence-electron chi connectivity index (χ0n) is 14.6. The first-order valence-electron chi connectivity index (χ1n) is 8.56. The number of morpholine rings is 1. The summed E-state index contributed by atoms with van der Waals surface area (Å²) in [6, 6.07) is 0. The number of hydrogen-bond acceptors (Lipinski definition) is 7. The highest BCUT2D eigenvalue weighted by atomic mass is 16.5. The number of hydrogen-bond donors (Lipinski definition) is 1. The van der Waals surface area contributed by atoms with Crippen molar-refractivity contribution in [2.75, 3.05) is 31.6 Å². The number of fused-ring (bicyclic) bond motifs is 1. The third kappa shape index (κ3) is 3.44. The zero-order valence-corrected chi connectivity index (χ0v) is 14.6. The Morgan fingerprint density at radius 3 is 3.12 bits per heavy atom. The molecule has 3 aromatic heterocycles. The predicted molar refractivity (Wildman–Crippen MR) is 96.0 cm³/mol. The summed E-state index contributed by atoms with van der Waals surface area (Å²) in [6.45, 7) is 3.62. The fourth-order valence-corrected chi connectivity index (χ4v) is 3.12. The largest absolute Gasteiger partial charge is 0.374 e. The molecule has 136 valence electrons. The summed E-state index contributed by atoms with van der Waals surface area (Å²) >= 11 is 0. The Morgan fingerprint density at radius 1 is 1.27 bits per heavy atom. The molecule has 0 bridgehead atoms. The lowest BCUT2D eigenvalue weighted by Gasteiger charge is -2.32. The average molecular weight is 355 g/mol. The highest BCUT2D eigenvalue weighted by Crippen LogP contribution is 2.12. The van der Waals surface area contributed by atoms with E-state index < -0.39 is 0 Å². The number of nitrogens with one attached hydrogen (secondary N) is 1. The summed E-state index contributed by atoms with van der Waals surface area (Å²) in [5.41, 5.74) is 1.83. The van der Waals surface area contributed by atoms with Crippen molar-refractivity contribution >= 4 is 11.5 Å². The molecule has 1 saturated heterocycles. The van der Waals surface area contributed by atoms with Crippen LogP contribution in [0.1, 0.15) is 5.69 Å². The van der Waals surface area contributed by atoms with E-state index in [1.165, 1.54) is 4.57 Å². The Balaban J connectivity index is 1.38. The van der Waals surface area contributed by atoms with Gasteiger partial charge in [0.15, 0.2) is 11.5 Å². The zero-order chi connectivity index (χ0) is 17.9. The van der Waals surface area contributed by atoms with Gasteiger partial charge in [-0.25, -0.2) is 9.97 Å². The molecule has 0 saturated carbocycles. The fourth-order valence-electron chi connectivity index (χ4n) is 3.12. The molecule has 1 unspecified atom stereocenters. The van der Waals surface area contributed by atoms with Crippen LogP contribution < -0.4 is 10.9 Å². The van der Waals surface area contributed by atoms with E-state index in [9.17, 15) is 4.79 Å². The fraction of sp³-hybridized carbons (Fsp3) is 0.412. The molecule has 1 atom stereocenters. The summed E-state index contributed by atoms with van der Waals surface area (Å²) in [6.07, 6.45) is 10.6. The molecule has 0 spiro atoms. The standard InChI is InChI=1S/C17H21N7O2/c1-22-4-3-19-16(17(22)25)21-9-14-12-23(6-7-26-14)11-13-8-20-15-10-18-2-5-24(13)15/h2-5,8,10,14H,6-7,9,11-12H2,1H3,(H,19,21). The molecule has 0 aromatic carbocycles. The van der Waals surface area contributed by atoms with Crippen LogP contribution in [-0.4, -0.2) is 61.2 Å². The van der Waals surface area contributed by atoms with Gasteiger partial charge < -0.3 is 14.6 Å². The van der Waals surface area contributed by atoms with Gasteiger partial charge in [-0.1, -0.05) is 0 Å². The van der Waals surface area contributed by atoms with Crippen molar-refractivity contribution in [1.29, 1.82) is 0 Å². The Labute approximate surface area is 150 Å². The molecule has 0 aliphatic carbocycles.